The number of hydrogen-bond acceptors (Lipinski definition) is 6. The van der Waals surface area contributed by atoms with E-state index in [1.807, 2.05) is 0 Å². The first-order chi connectivity index (χ1) is 7.69. The molecule has 0 radical (unpaired) electrons. The van der Waals surface area contributed by atoms with E-state index in [9.17, 15) is 10.2 Å². The number of phenolic OH excluding ortho intramolecular Hbond substituents is 2. The van der Waals surface area contributed by atoms with Crippen molar-refractivity contribution < 1.29 is 19.7 Å². The second kappa shape index (κ2) is 7.61. The zero-order chi connectivity index (χ0) is 12.6. The highest BCUT2D eigenvalue weighted by Gasteiger charge is 2.09. The molecule has 6 N–H and O–H groups in total. The summed E-state index contributed by atoms with van der Waals surface area (Å²) in [5, 5.41) is 18.9. The highest BCUT2D eigenvalue weighted by molar-refractivity contribution is 5.52. The smallest absolute Gasteiger partial charge is 0.164 e. The van der Waals surface area contributed by atoms with E-state index < -0.39 is 0 Å². The van der Waals surface area contributed by atoms with Gasteiger partial charge in [0, 0.05) is 12.1 Å². The minimum absolute atomic E-state index is 0.0342. The number of aromatic hydroxyl groups is 2. The maximum Gasteiger partial charge on any atom is 0.164 e. The number of rotatable bonds is 4. The van der Waals surface area contributed by atoms with Gasteiger partial charge in [-0.2, -0.15) is 0 Å². The van der Waals surface area contributed by atoms with Crippen molar-refractivity contribution in [3.05, 3.63) is 12.1 Å². The molecule has 0 saturated carbocycles. The molecule has 6 heteroatoms. The van der Waals surface area contributed by atoms with Crippen molar-refractivity contribution in [2.75, 3.05) is 13.2 Å². The fourth-order valence-electron chi connectivity index (χ4n) is 1.08. The fraction of sp³-hybridized carbons (Fsp3) is 0.400. The molecule has 0 heterocycles. The molecule has 0 spiro atoms. The number of ether oxygens (including phenoxy) is 2. The molecule has 1 aromatic rings. The van der Waals surface area contributed by atoms with Gasteiger partial charge in [0.1, 0.15) is 0 Å². The molecule has 92 valence electrons. The molecular formula is C10H18N2O4. The lowest BCUT2D eigenvalue weighted by Gasteiger charge is -2.10. The van der Waals surface area contributed by atoms with Gasteiger partial charge in [0.15, 0.2) is 23.0 Å². The molecule has 0 atom stereocenters. The zero-order valence-electron chi connectivity index (χ0n) is 9.43. The van der Waals surface area contributed by atoms with Crippen LogP contribution in [0.2, 0.25) is 0 Å². The molecular weight excluding hydrogens is 212 g/mol. The minimum atomic E-state index is -0.0342. The van der Waals surface area contributed by atoms with Gasteiger partial charge >= 0.3 is 0 Å². The van der Waals surface area contributed by atoms with Crippen molar-refractivity contribution in [2.24, 2.45) is 11.7 Å². The minimum Gasteiger partial charge on any atom is -0.504 e. The fourth-order valence-corrected chi connectivity index (χ4v) is 1.08. The van der Waals surface area contributed by atoms with Crippen molar-refractivity contribution in [2.45, 2.75) is 13.8 Å². The monoisotopic (exact) mass is 230 g/mol. The van der Waals surface area contributed by atoms with Crippen LogP contribution in [0.5, 0.6) is 23.0 Å². The Kier molecular flexibility index (Phi) is 6.82. The van der Waals surface area contributed by atoms with Gasteiger partial charge in [-0.05, 0) is 13.8 Å². The molecule has 0 aliphatic rings. The van der Waals surface area contributed by atoms with Crippen LogP contribution >= 0.6 is 0 Å². The zero-order valence-corrected chi connectivity index (χ0v) is 9.43. The molecule has 1 aromatic carbocycles. The van der Waals surface area contributed by atoms with Crippen LogP contribution in [0.3, 0.4) is 0 Å². The Morgan fingerprint density at radius 1 is 0.938 bits per heavy atom. The van der Waals surface area contributed by atoms with E-state index in [0.717, 1.165) is 0 Å². The SMILES string of the molecule is CCOc1cc(O)c(OCC)cc1O.NN. The van der Waals surface area contributed by atoms with E-state index in [2.05, 4.69) is 11.7 Å². The van der Waals surface area contributed by atoms with E-state index in [1.54, 1.807) is 13.8 Å². The van der Waals surface area contributed by atoms with Crippen LogP contribution in [0.25, 0.3) is 0 Å². The Balaban J connectivity index is 0.00000106. The van der Waals surface area contributed by atoms with E-state index in [4.69, 9.17) is 9.47 Å². The Bertz CT molecular complexity index is 286. The summed E-state index contributed by atoms with van der Waals surface area (Å²) in [6, 6.07) is 2.67. The van der Waals surface area contributed by atoms with E-state index >= 15 is 0 Å². The van der Waals surface area contributed by atoms with Crippen LogP contribution < -0.4 is 21.2 Å². The van der Waals surface area contributed by atoms with E-state index in [-0.39, 0.29) is 23.0 Å². The molecule has 0 aliphatic heterocycles. The van der Waals surface area contributed by atoms with Crippen LogP contribution in [0.1, 0.15) is 13.8 Å². The highest BCUT2D eigenvalue weighted by atomic mass is 16.5. The van der Waals surface area contributed by atoms with Crippen LogP contribution in [0.15, 0.2) is 12.1 Å². The van der Waals surface area contributed by atoms with Gasteiger partial charge in [0.2, 0.25) is 0 Å². The van der Waals surface area contributed by atoms with Crippen molar-refractivity contribution in [3.63, 3.8) is 0 Å². The number of hydrogen-bond donors (Lipinski definition) is 4. The predicted molar refractivity (Wildman–Crippen MR) is 60.5 cm³/mol. The maximum atomic E-state index is 9.46. The van der Waals surface area contributed by atoms with Gasteiger partial charge in [0.05, 0.1) is 13.2 Å². The molecule has 16 heavy (non-hydrogen) atoms. The molecule has 0 bridgehead atoms. The third kappa shape index (κ3) is 3.84. The molecule has 1 rings (SSSR count). The largest absolute Gasteiger partial charge is 0.504 e. The summed E-state index contributed by atoms with van der Waals surface area (Å²) in [6.45, 7) is 4.46. The van der Waals surface area contributed by atoms with Crippen molar-refractivity contribution in [1.29, 1.82) is 0 Å². The van der Waals surface area contributed by atoms with E-state index in [1.165, 1.54) is 12.1 Å². The normalized spacial score (nSPS) is 9.00. The molecule has 0 amide bonds. The highest BCUT2D eigenvalue weighted by Crippen LogP contribution is 2.37. The summed E-state index contributed by atoms with van der Waals surface area (Å²) in [5.41, 5.74) is 0. The summed E-state index contributed by atoms with van der Waals surface area (Å²) < 4.78 is 10.2. The Hall–Kier alpha value is -1.66. The molecule has 0 saturated heterocycles. The lowest BCUT2D eigenvalue weighted by atomic mass is 10.3. The second-order valence-electron chi connectivity index (χ2n) is 2.65. The van der Waals surface area contributed by atoms with Crippen LogP contribution in [0.4, 0.5) is 0 Å². The molecule has 0 fully saturated rings. The maximum absolute atomic E-state index is 9.46. The first kappa shape index (κ1) is 14.3. The summed E-state index contributed by atoms with van der Waals surface area (Å²) in [4.78, 5) is 0. The first-order valence-corrected chi connectivity index (χ1v) is 4.84. The average Bonchev–Trinajstić information content (AvgIpc) is 2.29. The van der Waals surface area contributed by atoms with Crippen LogP contribution in [0, 0.1) is 0 Å². The van der Waals surface area contributed by atoms with Gasteiger partial charge in [-0.3, -0.25) is 11.7 Å². The summed E-state index contributed by atoms with van der Waals surface area (Å²) in [5.74, 6) is 8.45. The third-order valence-electron chi connectivity index (χ3n) is 1.64. The van der Waals surface area contributed by atoms with Crippen molar-refractivity contribution in [1.82, 2.24) is 0 Å². The van der Waals surface area contributed by atoms with E-state index in [0.29, 0.717) is 13.2 Å². The third-order valence-corrected chi connectivity index (χ3v) is 1.64. The predicted octanol–water partition coefficient (Wildman–Crippen LogP) is 0.714. The first-order valence-electron chi connectivity index (χ1n) is 4.84. The quantitative estimate of drug-likeness (QED) is 0.344. The summed E-state index contributed by atoms with van der Waals surface area (Å²) in [6.07, 6.45) is 0. The Morgan fingerprint density at radius 2 is 1.25 bits per heavy atom. The lowest BCUT2D eigenvalue weighted by molar-refractivity contribution is 0.298. The van der Waals surface area contributed by atoms with Gasteiger partial charge < -0.3 is 19.7 Å². The topological polar surface area (TPSA) is 111 Å². The Labute approximate surface area is 94.4 Å². The number of hydrazine groups is 1. The van der Waals surface area contributed by atoms with Crippen molar-refractivity contribution in [3.8, 4) is 23.0 Å². The van der Waals surface area contributed by atoms with Gasteiger partial charge in [-0.1, -0.05) is 0 Å². The summed E-state index contributed by atoms with van der Waals surface area (Å²) >= 11 is 0. The van der Waals surface area contributed by atoms with Crippen LogP contribution in [-0.4, -0.2) is 23.4 Å². The standard InChI is InChI=1S/C10H14O4.H4N2/c1-3-13-9-5-8(12)10(14-4-2)6-7(9)11;1-2/h5-6,11-12H,3-4H2,1-2H3;1-2H2. The second-order valence-corrected chi connectivity index (χ2v) is 2.65. The average molecular weight is 230 g/mol. The van der Waals surface area contributed by atoms with Gasteiger partial charge in [-0.25, -0.2) is 0 Å². The van der Waals surface area contributed by atoms with Gasteiger partial charge in [0.25, 0.3) is 0 Å². The summed E-state index contributed by atoms with van der Waals surface area (Å²) in [7, 11) is 0. The Morgan fingerprint density at radius 3 is 1.50 bits per heavy atom. The number of phenols is 2. The molecule has 0 aliphatic carbocycles. The number of benzene rings is 1. The van der Waals surface area contributed by atoms with Crippen LogP contribution in [-0.2, 0) is 0 Å². The van der Waals surface area contributed by atoms with Gasteiger partial charge in [-0.15, -0.1) is 0 Å². The lowest BCUT2D eigenvalue weighted by Crippen LogP contribution is -2.02. The number of nitrogens with two attached hydrogens (primary N) is 2. The molecule has 0 aromatic heterocycles. The molecule has 6 nitrogen and oxygen atoms in total. The molecule has 0 unspecified atom stereocenters. The van der Waals surface area contributed by atoms with Crippen molar-refractivity contribution >= 4 is 0 Å².